The van der Waals surface area contributed by atoms with Crippen molar-refractivity contribution >= 4 is 40.3 Å². The molecule has 1 heterocycles. The van der Waals surface area contributed by atoms with Gasteiger partial charge >= 0.3 is 0 Å². The molecule has 1 amide bonds. The molecule has 3 nitrogen and oxygen atoms in total. The van der Waals surface area contributed by atoms with Crippen molar-refractivity contribution in [2.24, 2.45) is 5.92 Å². The SMILES string of the molecule is C=CCOc1ccc(C=C2SC(=S)N(CC(CC)CCCC)C2=O)cc1. The van der Waals surface area contributed by atoms with E-state index in [1.165, 1.54) is 24.6 Å². The first kappa shape index (κ1) is 20.7. The molecule has 1 unspecified atom stereocenters. The highest BCUT2D eigenvalue weighted by molar-refractivity contribution is 8.26. The summed E-state index contributed by atoms with van der Waals surface area (Å²) in [5.41, 5.74) is 0.967. The van der Waals surface area contributed by atoms with Crippen LogP contribution in [0.3, 0.4) is 0 Å². The van der Waals surface area contributed by atoms with Crippen molar-refractivity contribution in [3.63, 3.8) is 0 Å². The van der Waals surface area contributed by atoms with Crippen LogP contribution in [0.4, 0.5) is 0 Å². The number of rotatable bonds is 10. The van der Waals surface area contributed by atoms with Crippen LogP contribution in [0.1, 0.15) is 45.1 Å². The van der Waals surface area contributed by atoms with Gasteiger partial charge in [-0.15, -0.1) is 0 Å². The zero-order chi connectivity index (χ0) is 18.9. The molecule has 140 valence electrons. The fraction of sp³-hybridized carbons (Fsp3) is 0.429. The van der Waals surface area contributed by atoms with Crippen molar-refractivity contribution in [2.45, 2.75) is 39.5 Å². The summed E-state index contributed by atoms with van der Waals surface area (Å²) >= 11 is 6.85. The summed E-state index contributed by atoms with van der Waals surface area (Å²) in [6.45, 7) is 9.23. The molecule has 1 saturated heterocycles. The predicted molar refractivity (Wildman–Crippen MR) is 115 cm³/mol. The molecule has 26 heavy (non-hydrogen) atoms. The number of hydrogen-bond donors (Lipinski definition) is 0. The molecule has 0 aliphatic carbocycles. The number of thioether (sulfide) groups is 1. The summed E-state index contributed by atoms with van der Waals surface area (Å²) in [6.07, 6.45) is 8.22. The highest BCUT2D eigenvalue weighted by atomic mass is 32.2. The minimum Gasteiger partial charge on any atom is -0.490 e. The number of carbonyl (C=O) groups excluding carboxylic acids is 1. The summed E-state index contributed by atoms with van der Waals surface area (Å²) in [5, 5.41) is 0. The molecule has 0 bridgehead atoms. The molecule has 1 aliphatic rings. The van der Waals surface area contributed by atoms with Crippen LogP contribution >= 0.6 is 24.0 Å². The van der Waals surface area contributed by atoms with E-state index in [0.29, 0.717) is 21.8 Å². The van der Waals surface area contributed by atoms with Crippen molar-refractivity contribution in [1.82, 2.24) is 4.90 Å². The van der Waals surface area contributed by atoms with Gasteiger partial charge in [-0.1, -0.05) is 81.9 Å². The number of ether oxygens (including phenoxy) is 1. The van der Waals surface area contributed by atoms with Gasteiger partial charge in [-0.3, -0.25) is 9.69 Å². The minimum absolute atomic E-state index is 0.0296. The molecule has 1 aromatic carbocycles. The van der Waals surface area contributed by atoms with E-state index < -0.39 is 0 Å². The number of nitrogens with zero attached hydrogens (tertiary/aromatic N) is 1. The normalized spacial score (nSPS) is 17.0. The molecule has 0 radical (unpaired) electrons. The number of amides is 1. The van der Waals surface area contributed by atoms with Gasteiger partial charge in [-0.25, -0.2) is 0 Å². The molecule has 1 aliphatic heterocycles. The Labute approximate surface area is 166 Å². The highest BCUT2D eigenvalue weighted by Crippen LogP contribution is 2.34. The van der Waals surface area contributed by atoms with Crippen LogP contribution in [0.5, 0.6) is 5.75 Å². The van der Waals surface area contributed by atoms with E-state index in [-0.39, 0.29) is 5.91 Å². The number of hydrogen-bond acceptors (Lipinski definition) is 4. The maximum Gasteiger partial charge on any atom is 0.266 e. The third-order valence-corrected chi connectivity index (χ3v) is 5.78. The first-order chi connectivity index (χ1) is 12.6. The molecule has 0 N–H and O–H groups in total. The van der Waals surface area contributed by atoms with E-state index in [2.05, 4.69) is 20.4 Å². The smallest absolute Gasteiger partial charge is 0.266 e. The second kappa shape index (κ2) is 10.5. The molecule has 1 atom stereocenters. The van der Waals surface area contributed by atoms with E-state index in [1.807, 2.05) is 30.3 Å². The number of unbranched alkanes of at least 4 members (excludes halogenated alkanes) is 1. The van der Waals surface area contributed by atoms with Gasteiger partial charge in [0, 0.05) is 6.54 Å². The fourth-order valence-corrected chi connectivity index (χ4v) is 4.07. The number of carbonyl (C=O) groups is 1. The quantitative estimate of drug-likeness (QED) is 0.293. The monoisotopic (exact) mass is 389 g/mol. The van der Waals surface area contributed by atoms with Crippen molar-refractivity contribution in [3.8, 4) is 5.75 Å². The predicted octanol–water partition coefficient (Wildman–Crippen LogP) is 5.67. The lowest BCUT2D eigenvalue weighted by Crippen LogP contribution is -2.33. The lowest BCUT2D eigenvalue weighted by atomic mass is 9.99. The van der Waals surface area contributed by atoms with Gasteiger partial charge in [-0.05, 0) is 36.1 Å². The Kier molecular flexibility index (Phi) is 8.39. The molecular formula is C21H27NO2S2. The maximum absolute atomic E-state index is 12.8. The van der Waals surface area contributed by atoms with Gasteiger partial charge in [0.15, 0.2) is 0 Å². The average Bonchev–Trinajstić information content (AvgIpc) is 2.91. The van der Waals surface area contributed by atoms with E-state index in [9.17, 15) is 4.79 Å². The lowest BCUT2D eigenvalue weighted by molar-refractivity contribution is -0.122. The van der Waals surface area contributed by atoms with Crippen molar-refractivity contribution in [1.29, 1.82) is 0 Å². The average molecular weight is 390 g/mol. The van der Waals surface area contributed by atoms with Gasteiger partial charge in [0.25, 0.3) is 5.91 Å². The van der Waals surface area contributed by atoms with E-state index in [0.717, 1.165) is 30.7 Å². The maximum atomic E-state index is 12.8. The summed E-state index contributed by atoms with van der Waals surface area (Å²) in [7, 11) is 0. The minimum atomic E-state index is 0.0296. The van der Waals surface area contributed by atoms with E-state index in [4.69, 9.17) is 17.0 Å². The Bertz CT molecular complexity index is 667. The first-order valence-electron chi connectivity index (χ1n) is 9.18. The third-order valence-electron chi connectivity index (χ3n) is 4.40. The van der Waals surface area contributed by atoms with Crippen LogP contribution < -0.4 is 4.74 Å². The van der Waals surface area contributed by atoms with Gasteiger partial charge < -0.3 is 4.74 Å². The molecule has 0 spiro atoms. The molecule has 1 fully saturated rings. The Balaban J connectivity index is 2.04. The second-order valence-corrected chi connectivity index (χ2v) is 8.05. The molecule has 1 aromatic rings. The Morgan fingerprint density at radius 2 is 2.04 bits per heavy atom. The second-order valence-electron chi connectivity index (χ2n) is 6.38. The van der Waals surface area contributed by atoms with Crippen LogP contribution in [0, 0.1) is 5.92 Å². The Hall–Kier alpha value is -1.59. The van der Waals surface area contributed by atoms with Gasteiger partial charge in [-0.2, -0.15) is 0 Å². The summed E-state index contributed by atoms with van der Waals surface area (Å²) in [6, 6.07) is 7.68. The standard InChI is InChI=1S/C21H27NO2S2/c1-4-7-8-16(6-3)15-22-20(23)19(26-21(22)25)14-17-9-11-18(12-10-17)24-13-5-2/h5,9-12,14,16H,2,4,6-8,13,15H2,1,3H3. The zero-order valence-electron chi connectivity index (χ0n) is 15.6. The Morgan fingerprint density at radius 1 is 1.31 bits per heavy atom. The fourth-order valence-electron chi connectivity index (χ4n) is 2.80. The van der Waals surface area contributed by atoms with Crippen LogP contribution in [-0.2, 0) is 4.79 Å². The molecular weight excluding hydrogens is 362 g/mol. The van der Waals surface area contributed by atoms with Gasteiger partial charge in [0.05, 0.1) is 4.91 Å². The van der Waals surface area contributed by atoms with Gasteiger partial charge in [0.2, 0.25) is 0 Å². The van der Waals surface area contributed by atoms with Crippen molar-refractivity contribution in [3.05, 3.63) is 47.4 Å². The first-order valence-corrected chi connectivity index (χ1v) is 10.4. The van der Waals surface area contributed by atoms with Crippen molar-refractivity contribution in [2.75, 3.05) is 13.2 Å². The summed E-state index contributed by atoms with van der Waals surface area (Å²) < 4.78 is 6.15. The molecule has 0 saturated carbocycles. The largest absolute Gasteiger partial charge is 0.490 e. The van der Waals surface area contributed by atoms with Crippen LogP contribution in [-0.4, -0.2) is 28.3 Å². The van der Waals surface area contributed by atoms with E-state index >= 15 is 0 Å². The van der Waals surface area contributed by atoms with Crippen molar-refractivity contribution < 1.29 is 9.53 Å². The van der Waals surface area contributed by atoms with Crippen LogP contribution in [0.2, 0.25) is 0 Å². The number of benzene rings is 1. The molecule has 0 aromatic heterocycles. The summed E-state index contributed by atoms with van der Waals surface area (Å²) in [5.74, 6) is 1.33. The third kappa shape index (κ3) is 5.71. The lowest BCUT2D eigenvalue weighted by Gasteiger charge is -2.21. The highest BCUT2D eigenvalue weighted by Gasteiger charge is 2.33. The summed E-state index contributed by atoms with van der Waals surface area (Å²) in [4.78, 5) is 15.2. The topological polar surface area (TPSA) is 29.5 Å². The Morgan fingerprint density at radius 3 is 2.65 bits per heavy atom. The zero-order valence-corrected chi connectivity index (χ0v) is 17.2. The van der Waals surface area contributed by atoms with Crippen LogP contribution in [0.25, 0.3) is 6.08 Å². The van der Waals surface area contributed by atoms with Crippen LogP contribution in [0.15, 0.2) is 41.8 Å². The van der Waals surface area contributed by atoms with Gasteiger partial charge in [0.1, 0.15) is 16.7 Å². The molecule has 2 rings (SSSR count). The van der Waals surface area contributed by atoms with E-state index in [1.54, 1.807) is 11.0 Å². The molecule has 5 heteroatoms. The number of thiocarbonyl (C=S) groups is 1.